The van der Waals surface area contributed by atoms with Crippen LogP contribution in [0.1, 0.15) is 6.92 Å². The number of nitro groups is 1. The molecule has 0 saturated heterocycles. The normalized spacial score (nSPS) is 12.5. The molecule has 9 nitrogen and oxygen atoms in total. The maximum Gasteiger partial charge on any atom is 0.277 e. The first-order valence-electron chi connectivity index (χ1n) is 8.18. The molecule has 0 radical (unpaired) electrons. The topological polar surface area (TPSA) is 116 Å². The number of nitrogens with one attached hydrogen (secondary N) is 1. The summed E-state index contributed by atoms with van der Waals surface area (Å²) in [5.41, 5.74) is 1.04. The van der Waals surface area contributed by atoms with Gasteiger partial charge in [0, 0.05) is 24.6 Å². The van der Waals surface area contributed by atoms with E-state index in [0.29, 0.717) is 29.9 Å². The van der Waals surface area contributed by atoms with Crippen LogP contribution in [0.5, 0.6) is 5.75 Å². The van der Waals surface area contributed by atoms with Crippen LogP contribution >= 0.6 is 0 Å². The zero-order chi connectivity index (χ0) is 19.1. The van der Waals surface area contributed by atoms with Crippen molar-refractivity contribution in [2.75, 3.05) is 11.9 Å². The minimum absolute atomic E-state index is 0.0361. The molecule has 0 atom stereocenters. The molecule has 0 saturated carbocycles. The second-order valence-electron chi connectivity index (χ2n) is 6.06. The van der Waals surface area contributed by atoms with Crippen molar-refractivity contribution in [2.45, 2.75) is 13.5 Å². The quantitative estimate of drug-likeness (QED) is 0.562. The Balaban J connectivity index is 2.04. The summed E-state index contributed by atoms with van der Waals surface area (Å²) in [6.07, 6.45) is 0. The number of carbonyl (C=O) groups excluding carboxylic acids is 1. The van der Waals surface area contributed by atoms with E-state index < -0.39 is 10.5 Å². The van der Waals surface area contributed by atoms with Crippen LogP contribution in [0.2, 0.25) is 0 Å². The molecule has 0 bridgehead atoms. The zero-order valence-electron chi connectivity index (χ0n) is 14.3. The number of carbonyl (C=O) groups is 1. The van der Waals surface area contributed by atoms with Crippen molar-refractivity contribution < 1.29 is 14.5 Å². The Morgan fingerprint density at radius 1 is 1.33 bits per heavy atom. The lowest BCUT2D eigenvalue weighted by Gasteiger charge is -2.20. The summed E-state index contributed by atoms with van der Waals surface area (Å²) in [6, 6.07) is 9.17. The van der Waals surface area contributed by atoms with Gasteiger partial charge >= 0.3 is 0 Å². The van der Waals surface area contributed by atoms with Crippen LogP contribution in [-0.2, 0) is 11.3 Å². The van der Waals surface area contributed by atoms with Gasteiger partial charge in [-0.2, -0.15) is 0 Å². The molecule has 1 N–H and O–H groups in total. The third-order valence-electron chi connectivity index (χ3n) is 4.28. The number of nitro benzene ring substituents is 1. The minimum atomic E-state index is -0.560. The van der Waals surface area contributed by atoms with E-state index in [1.807, 2.05) is 0 Å². The molecule has 1 aliphatic rings. The zero-order valence-corrected chi connectivity index (χ0v) is 14.3. The van der Waals surface area contributed by atoms with Gasteiger partial charge in [-0.05, 0) is 18.2 Å². The van der Waals surface area contributed by atoms with Gasteiger partial charge in [-0.1, -0.05) is 6.07 Å². The van der Waals surface area contributed by atoms with Crippen LogP contribution in [0, 0.1) is 10.1 Å². The van der Waals surface area contributed by atoms with E-state index >= 15 is 0 Å². The highest BCUT2D eigenvalue weighted by Gasteiger charge is 2.22. The molecule has 2 aromatic carbocycles. The Morgan fingerprint density at radius 2 is 2.15 bits per heavy atom. The summed E-state index contributed by atoms with van der Waals surface area (Å²) < 4.78 is 7.13. The van der Waals surface area contributed by atoms with Crippen LogP contribution in [0.4, 0.5) is 11.4 Å². The number of nitrogens with zero attached hydrogens (tertiary/aromatic N) is 3. The second-order valence-corrected chi connectivity index (χ2v) is 6.06. The van der Waals surface area contributed by atoms with E-state index in [4.69, 9.17) is 4.74 Å². The van der Waals surface area contributed by atoms with E-state index in [9.17, 15) is 19.7 Å². The van der Waals surface area contributed by atoms with Gasteiger partial charge in [0.05, 0.1) is 22.7 Å². The Hall–Kier alpha value is -3.75. The van der Waals surface area contributed by atoms with Crippen molar-refractivity contribution in [2.24, 2.45) is 0 Å². The summed E-state index contributed by atoms with van der Waals surface area (Å²) in [6.45, 7) is 1.99. The first-order valence-corrected chi connectivity index (χ1v) is 8.18. The second kappa shape index (κ2) is 6.20. The number of rotatable bonds is 3. The van der Waals surface area contributed by atoms with Crippen molar-refractivity contribution in [1.29, 1.82) is 0 Å². The highest BCUT2D eigenvalue weighted by atomic mass is 16.6. The predicted octanol–water partition coefficient (Wildman–Crippen LogP) is 2.32. The fourth-order valence-corrected chi connectivity index (χ4v) is 3.16. The molecule has 3 aromatic rings. The van der Waals surface area contributed by atoms with Crippen LogP contribution in [0.25, 0.3) is 22.3 Å². The van der Waals surface area contributed by atoms with Crippen LogP contribution in [0.15, 0.2) is 41.2 Å². The third kappa shape index (κ3) is 2.78. The van der Waals surface area contributed by atoms with Gasteiger partial charge in [0.2, 0.25) is 5.91 Å². The fourth-order valence-electron chi connectivity index (χ4n) is 3.16. The molecule has 4 rings (SSSR count). The Morgan fingerprint density at radius 3 is 2.89 bits per heavy atom. The van der Waals surface area contributed by atoms with E-state index in [1.54, 1.807) is 22.8 Å². The van der Waals surface area contributed by atoms with Gasteiger partial charge in [-0.25, -0.2) is 4.98 Å². The lowest BCUT2D eigenvalue weighted by Crippen LogP contribution is -2.29. The van der Waals surface area contributed by atoms with E-state index in [2.05, 4.69) is 10.3 Å². The molecule has 0 aliphatic carbocycles. The van der Waals surface area contributed by atoms with Crippen molar-refractivity contribution in [1.82, 2.24) is 9.55 Å². The highest BCUT2D eigenvalue weighted by Crippen LogP contribution is 2.32. The van der Waals surface area contributed by atoms with E-state index in [-0.39, 0.29) is 28.5 Å². The number of ether oxygens (including phenoxy) is 1. The van der Waals surface area contributed by atoms with Crippen LogP contribution in [-0.4, -0.2) is 27.0 Å². The maximum absolute atomic E-state index is 13.1. The Bertz CT molecular complexity index is 1170. The van der Waals surface area contributed by atoms with E-state index in [1.165, 1.54) is 25.1 Å². The van der Waals surface area contributed by atoms with Gasteiger partial charge in [0.15, 0.2) is 0 Å². The molecule has 27 heavy (non-hydrogen) atoms. The van der Waals surface area contributed by atoms with Gasteiger partial charge < -0.3 is 10.1 Å². The lowest BCUT2D eigenvalue weighted by molar-refractivity contribution is -0.384. The number of para-hydroxylation sites is 1. The van der Waals surface area contributed by atoms with Crippen molar-refractivity contribution in [3.8, 4) is 17.0 Å². The molecule has 0 spiro atoms. The number of aromatic nitrogens is 2. The van der Waals surface area contributed by atoms with Gasteiger partial charge in [0.25, 0.3) is 11.2 Å². The average Bonchev–Trinajstić information content (AvgIpc) is 2.64. The number of hydrogen-bond acceptors (Lipinski definition) is 6. The summed E-state index contributed by atoms with van der Waals surface area (Å²) >= 11 is 0. The number of non-ortho nitro benzene ring substituents is 1. The van der Waals surface area contributed by atoms with Crippen molar-refractivity contribution >= 4 is 28.3 Å². The molecule has 2 heterocycles. The molecular weight excluding hydrogens is 352 g/mol. The summed E-state index contributed by atoms with van der Waals surface area (Å²) in [5.74, 6) is 0.207. The number of amides is 1. The first kappa shape index (κ1) is 16.7. The van der Waals surface area contributed by atoms with Gasteiger partial charge in [0.1, 0.15) is 23.6 Å². The summed E-state index contributed by atoms with van der Waals surface area (Å²) in [7, 11) is 0. The summed E-state index contributed by atoms with van der Waals surface area (Å²) in [5, 5.41) is 13.8. The molecule has 9 heteroatoms. The number of benzene rings is 2. The molecule has 136 valence electrons. The molecule has 1 amide bonds. The van der Waals surface area contributed by atoms with Gasteiger partial charge in [-0.3, -0.25) is 24.3 Å². The monoisotopic (exact) mass is 366 g/mol. The van der Waals surface area contributed by atoms with Crippen molar-refractivity contribution in [3.05, 3.63) is 56.9 Å². The lowest BCUT2D eigenvalue weighted by atomic mass is 10.1. The predicted molar refractivity (Wildman–Crippen MR) is 97.9 cm³/mol. The summed E-state index contributed by atoms with van der Waals surface area (Å²) in [4.78, 5) is 39.7. The van der Waals surface area contributed by atoms with Crippen molar-refractivity contribution in [3.63, 3.8) is 0 Å². The molecule has 1 aromatic heterocycles. The molecule has 0 unspecified atom stereocenters. The van der Waals surface area contributed by atoms with Gasteiger partial charge in [-0.15, -0.1) is 0 Å². The standard InChI is InChI=1S/C18H14N4O5/c1-10(23)19-13-6-5-11(22(25)26)9-12(13)16-18(24)21-7-8-27-15-4-2-3-14(20-16)17(15)21/h2-6,9H,7-8H2,1H3,(H,19,23). The van der Waals surface area contributed by atoms with Crippen LogP contribution < -0.4 is 15.6 Å². The third-order valence-corrected chi connectivity index (χ3v) is 4.28. The smallest absolute Gasteiger partial charge is 0.277 e. The fraction of sp³-hybridized carbons (Fsp3) is 0.167. The molecule has 0 fully saturated rings. The number of hydrogen-bond donors (Lipinski definition) is 1. The maximum atomic E-state index is 13.1. The Labute approximate surface area is 152 Å². The number of anilines is 1. The Kier molecular flexibility index (Phi) is 3.84. The largest absolute Gasteiger partial charge is 0.489 e. The SMILES string of the molecule is CC(=O)Nc1ccc([N+](=O)[O-])cc1-c1nc2cccc3c2n(c1=O)CCO3. The van der Waals surface area contributed by atoms with E-state index in [0.717, 1.165) is 0 Å². The minimum Gasteiger partial charge on any atom is -0.489 e. The average molecular weight is 366 g/mol. The molecular formula is C18H14N4O5. The molecule has 1 aliphatic heterocycles. The highest BCUT2D eigenvalue weighted by molar-refractivity contribution is 5.95. The van der Waals surface area contributed by atoms with Crippen LogP contribution in [0.3, 0.4) is 0 Å². The first-order chi connectivity index (χ1) is 13.0.